The fraction of sp³-hybridized carbons (Fsp3) is 0.520. The maximum Gasteiger partial charge on any atom is 0.237 e. The molecule has 1 aromatic heterocycles. The third kappa shape index (κ3) is 4.70. The number of hydrogen-bond donors (Lipinski definition) is 0. The van der Waals surface area contributed by atoms with E-state index in [-0.39, 0.29) is 29.8 Å². The number of benzene rings is 1. The Morgan fingerprint density at radius 1 is 1.10 bits per heavy atom. The third-order valence-corrected chi connectivity index (χ3v) is 7.82. The van der Waals surface area contributed by atoms with Crippen LogP contribution >= 0.6 is 11.3 Å². The zero-order valence-electron chi connectivity index (χ0n) is 18.8. The van der Waals surface area contributed by atoms with Gasteiger partial charge in [-0.25, -0.2) is 0 Å². The Labute approximate surface area is 189 Å². The van der Waals surface area contributed by atoms with E-state index in [1.54, 1.807) is 11.3 Å². The molecule has 2 aliphatic rings. The zero-order chi connectivity index (χ0) is 22.0. The van der Waals surface area contributed by atoms with Crippen molar-refractivity contribution in [3.63, 3.8) is 0 Å². The fourth-order valence-electron chi connectivity index (χ4n) is 4.74. The first-order chi connectivity index (χ1) is 15.0. The lowest BCUT2D eigenvalue weighted by Gasteiger charge is -2.39. The average Bonchev–Trinajstić information content (AvgIpc) is 3.27. The van der Waals surface area contributed by atoms with Gasteiger partial charge in [0.25, 0.3) is 0 Å². The number of fused-ring (bicyclic) bond motifs is 1. The Hall–Kier alpha value is -2.18. The number of piperidine rings is 1. The minimum absolute atomic E-state index is 0.00232. The first-order valence-corrected chi connectivity index (χ1v) is 12.2. The van der Waals surface area contributed by atoms with Crippen molar-refractivity contribution in [1.29, 1.82) is 0 Å². The molecule has 31 heavy (non-hydrogen) atoms. The number of nitrogens with zero attached hydrogens (tertiary/aromatic N) is 3. The first-order valence-electron chi connectivity index (χ1n) is 11.4. The number of carbonyl (C=O) groups excluding carboxylic acids is 2. The summed E-state index contributed by atoms with van der Waals surface area (Å²) in [5.74, 6) is 0.514. The predicted octanol–water partition coefficient (Wildman–Crippen LogP) is 3.80. The molecule has 1 saturated heterocycles. The minimum atomic E-state index is 0.00232. The lowest BCUT2D eigenvalue weighted by atomic mass is 9.92. The summed E-state index contributed by atoms with van der Waals surface area (Å²) in [7, 11) is 1.89. The summed E-state index contributed by atoms with van der Waals surface area (Å²) < 4.78 is 0. The molecule has 1 fully saturated rings. The van der Waals surface area contributed by atoms with Gasteiger partial charge in [0.05, 0.1) is 12.6 Å². The Balaban J connectivity index is 1.41. The summed E-state index contributed by atoms with van der Waals surface area (Å²) in [6.45, 7) is 6.91. The number of hydrogen-bond acceptors (Lipinski definition) is 4. The van der Waals surface area contributed by atoms with Crippen LogP contribution < -0.4 is 0 Å². The molecule has 0 spiro atoms. The molecule has 0 saturated carbocycles. The first kappa shape index (κ1) is 22.0. The number of amides is 2. The minimum Gasteiger partial charge on any atom is -0.343 e. The number of rotatable bonds is 5. The molecule has 6 heteroatoms. The van der Waals surface area contributed by atoms with Gasteiger partial charge in [0.15, 0.2) is 0 Å². The second-order valence-corrected chi connectivity index (χ2v) is 10.0. The van der Waals surface area contributed by atoms with Crippen LogP contribution in [0.5, 0.6) is 0 Å². The van der Waals surface area contributed by atoms with Crippen molar-refractivity contribution in [3.05, 3.63) is 57.8 Å². The van der Waals surface area contributed by atoms with Gasteiger partial charge in [0.2, 0.25) is 11.8 Å². The van der Waals surface area contributed by atoms with Crippen molar-refractivity contribution in [2.24, 2.45) is 5.92 Å². The molecular weight excluding hydrogens is 406 g/mol. The Kier molecular flexibility index (Phi) is 6.77. The van der Waals surface area contributed by atoms with Gasteiger partial charge in [0.1, 0.15) is 0 Å². The van der Waals surface area contributed by atoms with Gasteiger partial charge < -0.3 is 9.80 Å². The molecule has 3 heterocycles. The number of carbonyl (C=O) groups is 2. The van der Waals surface area contributed by atoms with E-state index < -0.39 is 0 Å². The highest BCUT2D eigenvalue weighted by Crippen LogP contribution is 2.37. The molecule has 0 N–H and O–H groups in total. The highest BCUT2D eigenvalue weighted by Gasteiger charge is 2.34. The van der Waals surface area contributed by atoms with E-state index in [9.17, 15) is 9.59 Å². The van der Waals surface area contributed by atoms with Crippen LogP contribution in [0.4, 0.5) is 0 Å². The van der Waals surface area contributed by atoms with Crippen LogP contribution in [-0.4, -0.2) is 65.8 Å². The quantitative estimate of drug-likeness (QED) is 0.712. The maximum atomic E-state index is 13.4. The van der Waals surface area contributed by atoms with Crippen LogP contribution in [0, 0.1) is 5.92 Å². The van der Waals surface area contributed by atoms with Crippen LogP contribution in [0.15, 0.2) is 41.8 Å². The lowest BCUT2D eigenvalue weighted by Crippen LogP contribution is -2.48. The highest BCUT2D eigenvalue weighted by molar-refractivity contribution is 7.10. The van der Waals surface area contributed by atoms with Crippen molar-refractivity contribution in [3.8, 4) is 0 Å². The van der Waals surface area contributed by atoms with Crippen molar-refractivity contribution in [2.75, 3.05) is 33.2 Å². The van der Waals surface area contributed by atoms with Gasteiger partial charge in [-0.3, -0.25) is 14.5 Å². The van der Waals surface area contributed by atoms with Crippen molar-refractivity contribution < 1.29 is 9.59 Å². The molecule has 2 aliphatic heterocycles. The van der Waals surface area contributed by atoms with E-state index in [0.717, 1.165) is 38.9 Å². The molecule has 166 valence electrons. The van der Waals surface area contributed by atoms with Gasteiger partial charge in [0, 0.05) is 30.4 Å². The summed E-state index contributed by atoms with van der Waals surface area (Å²) in [6.07, 6.45) is 2.60. The summed E-state index contributed by atoms with van der Waals surface area (Å²) in [5.41, 5.74) is 2.45. The molecule has 0 aliphatic carbocycles. The molecule has 0 bridgehead atoms. The Morgan fingerprint density at radius 3 is 2.48 bits per heavy atom. The summed E-state index contributed by atoms with van der Waals surface area (Å²) in [4.78, 5) is 33.6. The topological polar surface area (TPSA) is 43.9 Å². The molecule has 1 unspecified atom stereocenters. The molecule has 4 rings (SSSR count). The standard InChI is InChI=1S/C25H33N3O2S/c1-18(2)26(3)25(30)20-9-13-27(14-10-20)17-23(29)28-15-11-22-21(12-16-31-22)24(28)19-7-5-4-6-8-19/h4-8,12,16,18,20,24H,9-11,13-15,17H2,1-3H3. The molecule has 2 amide bonds. The van der Waals surface area contributed by atoms with Gasteiger partial charge in [-0.15, -0.1) is 11.3 Å². The maximum absolute atomic E-state index is 13.4. The monoisotopic (exact) mass is 439 g/mol. The van der Waals surface area contributed by atoms with Crippen molar-refractivity contribution in [2.45, 2.75) is 45.2 Å². The third-order valence-electron chi connectivity index (χ3n) is 6.82. The SMILES string of the molecule is CC(C)N(C)C(=O)C1CCN(CC(=O)N2CCc3sccc3C2c2ccccc2)CC1. The van der Waals surface area contributed by atoms with E-state index in [1.165, 1.54) is 16.0 Å². The molecule has 2 aromatic rings. The van der Waals surface area contributed by atoms with Gasteiger partial charge >= 0.3 is 0 Å². The van der Waals surface area contributed by atoms with Crippen LogP contribution in [-0.2, 0) is 16.0 Å². The lowest BCUT2D eigenvalue weighted by molar-refractivity contribution is -0.138. The van der Waals surface area contributed by atoms with E-state index in [4.69, 9.17) is 0 Å². The van der Waals surface area contributed by atoms with Crippen molar-refractivity contribution in [1.82, 2.24) is 14.7 Å². The molecule has 0 radical (unpaired) electrons. The van der Waals surface area contributed by atoms with E-state index >= 15 is 0 Å². The summed E-state index contributed by atoms with van der Waals surface area (Å²) >= 11 is 1.80. The molecule has 1 aromatic carbocycles. The largest absolute Gasteiger partial charge is 0.343 e. The zero-order valence-corrected chi connectivity index (χ0v) is 19.6. The highest BCUT2D eigenvalue weighted by atomic mass is 32.1. The summed E-state index contributed by atoms with van der Waals surface area (Å²) in [5, 5.41) is 2.14. The predicted molar refractivity (Wildman–Crippen MR) is 125 cm³/mol. The average molecular weight is 440 g/mol. The second kappa shape index (κ2) is 9.53. The number of thiophene rings is 1. The molecule has 1 atom stereocenters. The van der Waals surface area contributed by atoms with Gasteiger partial charge in [-0.1, -0.05) is 30.3 Å². The van der Waals surface area contributed by atoms with Crippen LogP contribution in [0.25, 0.3) is 0 Å². The fourth-order valence-corrected chi connectivity index (χ4v) is 5.65. The van der Waals surface area contributed by atoms with E-state index in [2.05, 4.69) is 45.5 Å². The normalized spacial score (nSPS) is 20.0. The number of likely N-dealkylation sites (tertiary alicyclic amines) is 1. The van der Waals surface area contributed by atoms with Crippen LogP contribution in [0.1, 0.15) is 48.7 Å². The molecule has 5 nitrogen and oxygen atoms in total. The van der Waals surface area contributed by atoms with Gasteiger partial charge in [-0.2, -0.15) is 0 Å². The van der Waals surface area contributed by atoms with E-state index in [0.29, 0.717) is 6.54 Å². The van der Waals surface area contributed by atoms with Crippen LogP contribution in [0.2, 0.25) is 0 Å². The second-order valence-electron chi connectivity index (χ2n) is 9.04. The summed E-state index contributed by atoms with van der Waals surface area (Å²) in [6, 6.07) is 12.8. The Morgan fingerprint density at radius 2 is 1.81 bits per heavy atom. The van der Waals surface area contributed by atoms with E-state index in [1.807, 2.05) is 31.9 Å². The smallest absolute Gasteiger partial charge is 0.237 e. The van der Waals surface area contributed by atoms with Crippen molar-refractivity contribution >= 4 is 23.2 Å². The van der Waals surface area contributed by atoms with Gasteiger partial charge in [-0.05, 0) is 68.8 Å². The Bertz CT molecular complexity index is 903. The van der Waals surface area contributed by atoms with Crippen LogP contribution in [0.3, 0.4) is 0 Å². The molecular formula is C25H33N3O2S.